The highest BCUT2D eigenvalue weighted by molar-refractivity contribution is 5.49. The molecule has 0 unspecified atom stereocenters. The second-order valence-electron chi connectivity index (χ2n) is 2.44. The molecule has 0 saturated heterocycles. The van der Waals surface area contributed by atoms with Crippen molar-refractivity contribution in [3.8, 4) is 0 Å². The van der Waals surface area contributed by atoms with Crippen molar-refractivity contribution in [3.63, 3.8) is 0 Å². The smallest absolute Gasteiger partial charge is 0.256 e. The highest BCUT2D eigenvalue weighted by Gasteiger charge is 2.02. The maximum Gasteiger partial charge on any atom is 0.256 e. The lowest BCUT2D eigenvalue weighted by molar-refractivity contribution is -0.709. The first-order valence-electron chi connectivity index (χ1n) is 3.58. The first-order chi connectivity index (χ1) is 5.24. The van der Waals surface area contributed by atoms with Crippen molar-refractivity contribution in [1.29, 1.82) is 0 Å². The van der Waals surface area contributed by atoms with Crippen molar-refractivity contribution >= 4 is 11.9 Å². The molecule has 58 valence electrons. The van der Waals surface area contributed by atoms with Gasteiger partial charge in [0.05, 0.1) is 0 Å². The van der Waals surface area contributed by atoms with Crippen molar-refractivity contribution in [1.82, 2.24) is 0 Å². The van der Waals surface area contributed by atoms with Gasteiger partial charge in [-0.05, 0) is 6.92 Å². The first kappa shape index (κ1) is 7.79. The summed E-state index contributed by atoms with van der Waals surface area (Å²) in [5.41, 5.74) is 1.98. The van der Waals surface area contributed by atoms with Gasteiger partial charge in [-0.25, -0.2) is 0 Å². The minimum Gasteiger partial charge on any atom is -0.285 e. The van der Waals surface area contributed by atoms with Gasteiger partial charge in [-0.15, -0.1) is 0 Å². The van der Waals surface area contributed by atoms with Gasteiger partial charge in [0.2, 0.25) is 0 Å². The van der Waals surface area contributed by atoms with Crippen LogP contribution in [0, 0.1) is 6.92 Å². The Balaban J connectivity index is 2.99. The van der Waals surface area contributed by atoms with Crippen LogP contribution in [0.3, 0.4) is 0 Å². The average Bonchev–Trinajstić information content (AvgIpc) is 2.05. The maximum absolute atomic E-state index is 9.20. The lowest BCUT2D eigenvalue weighted by Crippen LogP contribution is -1.97. The van der Waals surface area contributed by atoms with Crippen molar-refractivity contribution in [2.75, 3.05) is 0 Å². The van der Waals surface area contributed by atoms with E-state index in [9.17, 15) is 5.21 Å². The molecule has 0 saturated carbocycles. The van der Waals surface area contributed by atoms with Gasteiger partial charge >= 0.3 is 0 Å². The largest absolute Gasteiger partial charge is 0.285 e. The molecule has 0 amide bonds. The van der Waals surface area contributed by atoms with Gasteiger partial charge in [0, 0.05) is 23.8 Å². The Labute approximate surface area is 66.4 Å². The van der Waals surface area contributed by atoms with Gasteiger partial charge in [0.15, 0.2) is 6.21 Å². The zero-order chi connectivity index (χ0) is 8.27. The zero-order valence-corrected chi connectivity index (χ0v) is 6.78. The van der Waals surface area contributed by atoms with E-state index in [1.807, 2.05) is 31.2 Å². The summed E-state index contributed by atoms with van der Waals surface area (Å²) in [6, 6.07) is 7.66. The molecule has 2 heteroatoms. The Morgan fingerprint density at radius 2 is 1.82 bits per heavy atom. The molecule has 11 heavy (non-hydrogen) atoms. The zero-order valence-electron chi connectivity index (χ0n) is 6.78. The van der Waals surface area contributed by atoms with E-state index in [1.54, 1.807) is 13.1 Å². The molecule has 1 aromatic carbocycles. The van der Waals surface area contributed by atoms with Gasteiger partial charge in [0.1, 0.15) is 0 Å². The molecule has 0 aliphatic heterocycles. The molecule has 1 rings (SSSR count). The van der Waals surface area contributed by atoms with Crippen LogP contribution < -0.4 is 0 Å². The third-order valence-electron chi connectivity index (χ3n) is 1.54. The van der Waals surface area contributed by atoms with Crippen LogP contribution in [0.4, 0.5) is 5.69 Å². The molecule has 0 aliphatic carbocycles. The summed E-state index contributed by atoms with van der Waals surface area (Å²) in [6.07, 6.45) is 1.60. The van der Waals surface area contributed by atoms with Crippen LogP contribution in [0.25, 0.3) is 0 Å². The van der Waals surface area contributed by atoms with Crippen molar-refractivity contribution < 1.29 is 9.95 Å². The van der Waals surface area contributed by atoms with Crippen LogP contribution in [0.15, 0.2) is 24.3 Å². The molecule has 1 aromatic rings. The third kappa shape index (κ3) is 1.80. The predicted molar refractivity (Wildman–Crippen MR) is 44.6 cm³/mol. The van der Waals surface area contributed by atoms with Gasteiger partial charge < -0.3 is 0 Å². The number of rotatable bonds is 1. The average molecular weight is 150 g/mol. The standard InChI is InChI=1S/C9H12NO/c1-3-10(11)9-6-4-8(2)5-7-9/h3-7,11H,1-2H3/q+1/b10-3-. The lowest BCUT2D eigenvalue weighted by atomic mass is 10.2. The third-order valence-corrected chi connectivity index (χ3v) is 1.54. The highest BCUT2D eigenvalue weighted by Crippen LogP contribution is 2.09. The number of hydrogen-bond acceptors (Lipinski definition) is 1. The Morgan fingerprint density at radius 3 is 2.27 bits per heavy atom. The number of nitrogens with zero attached hydrogens (tertiary/aromatic N) is 1. The van der Waals surface area contributed by atoms with Crippen LogP contribution in [0.5, 0.6) is 0 Å². The van der Waals surface area contributed by atoms with Crippen molar-refractivity contribution in [3.05, 3.63) is 29.8 Å². The van der Waals surface area contributed by atoms with E-state index in [2.05, 4.69) is 0 Å². The van der Waals surface area contributed by atoms with E-state index in [4.69, 9.17) is 0 Å². The molecule has 2 nitrogen and oxygen atoms in total. The SMILES string of the molecule is C/C=[N+](\O)c1ccc(C)cc1. The first-order valence-corrected chi connectivity index (χ1v) is 3.58. The van der Waals surface area contributed by atoms with Crippen molar-refractivity contribution in [2.45, 2.75) is 13.8 Å². The predicted octanol–water partition coefficient (Wildman–Crippen LogP) is 2.12. The van der Waals surface area contributed by atoms with E-state index >= 15 is 0 Å². The highest BCUT2D eigenvalue weighted by atomic mass is 16.5. The number of aryl methyl sites for hydroxylation is 1. The number of hydrogen-bond donors (Lipinski definition) is 1. The normalized spacial score (nSPS) is 11.6. The Hall–Kier alpha value is -1.31. The molecule has 0 atom stereocenters. The van der Waals surface area contributed by atoms with Crippen LogP contribution in [0.2, 0.25) is 0 Å². The minimum absolute atomic E-state index is 0.790. The van der Waals surface area contributed by atoms with Crippen LogP contribution >= 0.6 is 0 Å². The monoisotopic (exact) mass is 150 g/mol. The topological polar surface area (TPSA) is 23.2 Å². The number of benzene rings is 1. The quantitative estimate of drug-likeness (QED) is 0.282. The van der Waals surface area contributed by atoms with Gasteiger partial charge in [-0.3, -0.25) is 5.21 Å². The fourth-order valence-electron chi connectivity index (χ4n) is 0.847. The van der Waals surface area contributed by atoms with E-state index in [-0.39, 0.29) is 0 Å². The molecule has 1 N–H and O–H groups in total. The second kappa shape index (κ2) is 3.19. The molecular weight excluding hydrogens is 138 g/mol. The molecule has 0 bridgehead atoms. The summed E-state index contributed by atoms with van der Waals surface area (Å²) >= 11 is 0. The fraction of sp³-hybridized carbons (Fsp3) is 0.222. The minimum atomic E-state index is 0.790. The maximum atomic E-state index is 9.20. The Bertz CT molecular complexity index is 261. The molecular formula is C9H12NO+. The Kier molecular flexibility index (Phi) is 2.26. The van der Waals surface area contributed by atoms with E-state index in [0.29, 0.717) is 0 Å². The molecule has 0 fully saturated rings. The van der Waals surface area contributed by atoms with Crippen LogP contribution in [0.1, 0.15) is 12.5 Å². The van der Waals surface area contributed by atoms with Crippen LogP contribution in [-0.2, 0) is 0 Å². The second-order valence-corrected chi connectivity index (χ2v) is 2.44. The van der Waals surface area contributed by atoms with E-state index < -0.39 is 0 Å². The molecule has 0 radical (unpaired) electrons. The molecule has 0 aromatic heterocycles. The van der Waals surface area contributed by atoms with E-state index in [0.717, 1.165) is 10.4 Å². The summed E-state index contributed by atoms with van der Waals surface area (Å²) in [4.78, 5) is 0. The summed E-state index contributed by atoms with van der Waals surface area (Å²) in [5.74, 6) is 0. The van der Waals surface area contributed by atoms with E-state index in [1.165, 1.54) is 5.56 Å². The summed E-state index contributed by atoms with van der Waals surface area (Å²) < 4.78 is 1.10. The summed E-state index contributed by atoms with van der Waals surface area (Å²) in [5, 5.41) is 9.20. The summed E-state index contributed by atoms with van der Waals surface area (Å²) in [6.45, 7) is 3.79. The van der Waals surface area contributed by atoms with Gasteiger partial charge in [0.25, 0.3) is 5.69 Å². The lowest BCUT2D eigenvalue weighted by Gasteiger charge is -1.91. The van der Waals surface area contributed by atoms with Crippen LogP contribution in [-0.4, -0.2) is 16.2 Å². The molecule has 0 aliphatic rings. The van der Waals surface area contributed by atoms with Gasteiger partial charge in [-0.1, -0.05) is 17.7 Å². The molecule has 0 heterocycles. The van der Waals surface area contributed by atoms with Gasteiger partial charge in [-0.2, -0.15) is 0 Å². The Morgan fingerprint density at radius 1 is 1.27 bits per heavy atom. The summed E-state index contributed by atoms with van der Waals surface area (Å²) in [7, 11) is 0. The van der Waals surface area contributed by atoms with Crippen molar-refractivity contribution in [2.24, 2.45) is 0 Å². The molecule has 0 spiro atoms. The fourth-order valence-corrected chi connectivity index (χ4v) is 0.847.